The summed E-state index contributed by atoms with van der Waals surface area (Å²) in [6, 6.07) is 11.4. The molecule has 1 N–H and O–H groups in total. The average Bonchev–Trinajstić information content (AvgIpc) is 2.96. The molecule has 0 bridgehead atoms. The molecule has 0 aromatic heterocycles. The zero-order chi connectivity index (χ0) is 16.4. The summed E-state index contributed by atoms with van der Waals surface area (Å²) in [5.41, 5.74) is 0.830. The molecule has 0 aliphatic carbocycles. The van der Waals surface area contributed by atoms with Crippen molar-refractivity contribution in [3.05, 3.63) is 48.0 Å². The fourth-order valence-corrected chi connectivity index (χ4v) is 3.71. The Bertz CT molecular complexity index is 819. The van der Waals surface area contributed by atoms with E-state index in [1.165, 1.54) is 26.4 Å². The number of ether oxygens (including phenoxy) is 3. The van der Waals surface area contributed by atoms with Crippen LogP contribution in [-0.2, 0) is 10.0 Å². The van der Waals surface area contributed by atoms with Crippen molar-refractivity contribution in [1.29, 1.82) is 0 Å². The summed E-state index contributed by atoms with van der Waals surface area (Å²) < 4.78 is 43.7. The fraction of sp³-hybridized carbons (Fsp3) is 0.250. The molecule has 0 saturated carbocycles. The van der Waals surface area contributed by atoms with Crippen molar-refractivity contribution >= 4 is 10.0 Å². The van der Waals surface area contributed by atoms with E-state index >= 15 is 0 Å². The van der Waals surface area contributed by atoms with Gasteiger partial charge < -0.3 is 14.2 Å². The molecule has 0 radical (unpaired) electrons. The molecule has 1 aliphatic rings. The Balaban J connectivity index is 1.88. The Hall–Kier alpha value is -2.25. The minimum absolute atomic E-state index is 0.111. The van der Waals surface area contributed by atoms with Gasteiger partial charge in [0.15, 0.2) is 11.5 Å². The van der Waals surface area contributed by atoms with Crippen molar-refractivity contribution in [2.45, 2.75) is 10.9 Å². The maximum Gasteiger partial charge on any atom is 0.241 e. The Kier molecular flexibility index (Phi) is 4.14. The van der Waals surface area contributed by atoms with Gasteiger partial charge in [-0.2, -0.15) is 0 Å². The van der Waals surface area contributed by atoms with Crippen molar-refractivity contribution in [1.82, 2.24) is 4.72 Å². The van der Waals surface area contributed by atoms with Crippen LogP contribution in [0.5, 0.6) is 17.2 Å². The minimum atomic E-state index is -3.71. The van der Waals surface area contributed by atoms with Crippen LogP contribution in [0.3, 0.4) is 0 Å². The molecule has 122 valence electrons. The SMILES string of the molecule is COc1ccc(S(=O)(=O)NC2COc3ccccc32)cc1OC. The number of benzene rings is 2. The van der Waals surface area contributed by atoms with E-state index in [1.807, 2.05) is 24.3 Å². The van der Waals surface area contributed by atoms with Crippen LogP contribution in [0.4, 0.5) is 0 Å². The molecule has 6 nitrogen and oxygen atoms in total. The van der Waals surface area contributed by atoms with E-state index in [0.29, 0.717) is 17.2 Å². The van der Waals surface area contributed by atoms with Crippen LogP contribution < -0.4 is 18.9 Å². The monoisotopic (exact) mass is 335 g/mol. The average molecular weight is 335 g/mol. The predicted molar refractivity (Wildman–Crippen MR) is 84.5 cm³/mol. The standard InChI is InChI=1S/C16H17NO5S/c1-20-15-8-7-11(9-16(15)21-2)23(18,19)17-13-10-22-14-6-4-3-5-12(13)14/h3-9,13,17H,10H2,1-2H3. The third-order valence-electron chi connectivity index (χ3n) is 3.66. The highest BCUT2D eigenvalue weighted by atomic mass is 32.2. The largest absolute Gasteiger partial charge is 0.493 e. The second-order valence-electron chi connectivity index (χ2n) is 5.04. The van der Waals surface area contributed by atoms with E-state index in [1.54, 1.807) is 6.07 Å². The van der Waals surface area contributed by atoms with E-state index in [9.17, 15) is 8.42 Å². The number of sulfonamides is 1. The lowest BCUT2D eigenvalue weighted by Crippen LogP contribution is -2.29. The van der Waals surface area contributed by atoms with Crippen molar-refractivity contribution in [3.8, 4) is 17.2 Å². The number of fused-ring (bicyclic) bond motifs is 1. The van der Waals surface area contributed by atoms with Crippen LogP contribution in [0.2, 0.25) is 0 Å². The van der Waals surface area contributed by atoms with E-state index in [4.69, 9.17) is 14.2 Å². The lowest BCUT2D eigenvalue weighted by molar-refractivity contribution is 0.325. The summed E-state index contributed by atoms with van der Waals surface area (Å²) in [5.74, 6) is 1.53. The van der Waals surface area contributed by atoms with Gasteiger partial charge in [-0.1, -0.05) is 18.2 Å². The van der Waals surface area contributed by atoms with Gasteiger partial charge in [0.1, 0.15) is 12.4 Å². The maximum atomic E-state index is 12.6. The molecule has 2 aromatic carbocycles. The zero-order valence-corrected chi connectivity index (χ0v) is 13.6. The molecule has 1 atom stereocenters. The first kappa shape index (κ1) is 15.6. The molecule has 0 fully saturated rings. The van der Waals surface area contributed by atoms with E-state index in [2.05, 4.69) is 4.72 Å². The molecule has 1 heterocycles. The van der Waals surface area contributed by atoms with E-state index in [0.717, 1.165) is 5.56 Å². The second kappa shape index (κ2) is 6.10. The van der Waals surface area contributed by atoms with Crippen molar-refractivity contribution in [2.24, 2.45) is 0 Å². The maximum absolute atomic E-state index is 12.6. The van der Waals surface area contributed by atoms with Crippen LogP contribution in [0.25, 0.3) is 0 Å². The number of hydrogen-bond acceptors (Lipinski definition) is 5. The summed E-state index contributed by atoms with van der Waals surface area (Å²) in [5, 5.41) is 0. The van der Waals surface area contributed by atoms with Crippen molar-refractivity contribution in [2.75, 3.05) is 20.8 Å². The van der Waals surface area contributed by atoms with Crippen molar-refractivity contribution < 1.29 is 22.6 Å². The van der Waals surface area contributed by atoms with Gasteiger partial charge in [0, 0.05) is 11.6 Å². The summed E-state index contributed by atoms with van der Waals surface area (Å²) in [7, 11) is -0.751. The first-order valence-corrected chi connectivity index (χ1v) is 8.49. The Morgan fingerprint density at radius 2 is 1.83 bits per heavy atom. The summed E-state index contributed by atoms with van der Waals surface area (Å²) in [6.45, 7) is 0.270. The molecule has 0 saturated heterocycles. The van der Waals surface area contributed by atoms with Crippen LogP contribution in [0, 0.1) is 0 Å². The first-order valence-electron chi connectivity index (χ1n) is 7.01. The molecular formula is C16H17NO5S. The Morgan fingerprint density at radius 1 is 1.09 bits per heavy atom. The lowest BCUT2D eigenvalue weighted by atomic mass is 10.1. The molecule has 0 spiro atoms. The molecule has 7 heteroatoms. The normalized spacial score (nSPS) is 16.5. The summed E-state index contributed by atoms with van der Waals surface area (Å²) in [6.07, 6.45) is 0. The smallest absolute Gasteiger partial charge is 0.241 e. The third-order valence-corrected chi connectivity index (χ3v) is 5.13. The van der Waals surface area contributed by atoms with Gasteiger partial charge in [0.25, 0.3) is 0 Å². The topological polar surface area (TPSA) is 73.9 Å². The summed E-state index contributed by atoms with van der Waals surface area (Å²) >= 11 is 0. The van der Waals surface area contributed by atoms with Crippen molar-refractivity contribution in [3.63, 3.8) is 0 Å². The molecule has 23 heavy (non-hydrogen) atoms. The molecular weight excluding hydrogens is 318 g/mol. The van der Waals surface area contributed by atoms with Gasteiger partial charge in [0.05, 0.1) is 25.2 Å². The number of nitrogens with one attached hydrogen (secondary N) is 1. The predicted octanol–water partition coefficient (Wildman–Crippen LogP) is 2.12. The van der Waals surface area contributed by atoms with Gasteiger partial charge in [-0.25, -0.2) is 13.1 Å². The molecule has 3 rings (SSSR count). The minimum Gasteiger partial charge on any atom is -0.493 e. The van der Waals surface area contributed by atoms with Gasteiger partial charge in [-0.3, -0.25) is 0 Å². The quantitative estimate of drug-likeness (QED) is 0.906. The second-order valence-corrected chi connectivity index (χ2v) is 6.75. The van der Waals surface area contributed by atoms with Crippen LogP contribution in [-0.4, -0.2) is 29.2 Å². The van der Waals surface area contributed by atoms with E-state index in [-0.39, 0.29) is 11.5 Å². The Morgan fingerprint density at radius 3 is 2.57 bits per heavy atom. The van der Waals surface area contributed by atoms with Crippen LogP contribution >= 0.6 is 0 Å². The molecule has 0 amide bonds. The van der Waals surface area contributed by atoms with Gasteiger partial charge >= 0.3 is 0 Å². The Labute approximate surface area is 135 Å². The van der Waals surface area contributed by atoms with Gasteiger partial charge in [0.2, 0.25) is 10.0 Å². The van der Waals surface area contributed by atoms with Gasteiger partial charge in [-0.05, 0) is 18.2 Å². The third kappa shape index (κ3) is 2.97. The molecule has 1 aliphatic heterocycles. The molecule has 1 unspecified atom stereocenters. The number of hydrogen-bond donors (Lipinski definition) is 1. The highest BCUT2D eigenvalue weighted by Crippen LogP contribution is 2.34. The summed E-state index contributed by atoms with van der Waals surface area (Å²) in [4.78, 5) is 0.111. The van der Waals surface area contributed by atoms with Crippen LogP contribution in [0.1, 0.15) is 11.6 Å². The number of methoxy groups -OCH3 is 2. The first-order chi connectivity index (χ1) is 11.0. The van der Waals surface area contributed by atoms with E-state index < -0.39 is 16.1 Å². The van der Waals surface area contributed by atoms with Crippen LogP contribution in [0.15, 0.2) is 47.4 Å². The number of para-hydroxylation sites is 1. The highest BCUT2D eigenvalue weighted by molar-refractivity contribution is 7.89. The lowest BCUT2D eigenvalue weighted by Gasteiger charge is -2.14. The molecule has 2 aromatic rings. The fourth-order valence-electron chi connectivity index (χ4n) is 2.50. The highest BCUT2D eigenvalue weighted by Gasteiger charge is 2.29. The van der Waals surface area contributed by atoms with Gasteiger partial charge in [-0.15, -0.1) is 0 Å². The number of rotatable bonds is 5. The zero-order valence-electron chi connectivity index (χ0n) is 12.8.